The van der Waals surface area contributed by atoms with Crippen LogP contribution in [0.1, 0.15) is 27.2 Å². The van der Waals surface area contributed by atoms with E-state index >= 15 is 0 Å². The lowest BCUT2D eigenvalue weighted by Crippen LogP contribution is -2.37. The van der Waals surface area contributed by atoms with E-state index < -0.39 is 12.1 Å². The van der Waals surface area contributed by atoms with Gasteiger partial charge in [0.05, 0.1) is 0 Å². The van der Waals surface area contributed by atoms with Crippen molar-refractivity contribution in [2.75, 3.05) is 7.11 Å². The Morgan fingerprint density at radius 2 is 2.09 bits per heavy atom. The smallest absolute Gasteiger partial charge is 0.333 e. The zero-order valence-corrected chi connectivity index (χ0v) is 7.55. The Bertz CT molecular complexity index is 140. The van der Waals surface area contributed by atoms with Crippen LogP contribution in [0.3, 0.4) is 0 Å². The first-order chi connectivity index (χ1) is 4.95. The standard InChI is InChI=1S/C8H16O3/c1-5-8(2,3)6(11-4)7(9)10/h6H,5H2,1-4H3,(H,9,10). The molecule has 1 unspecified atom stereocenters. The van der Waals surface area contributed by atoms with Crippen molar-refractivity contribution in [3.05, 3.63) is 0 Å². The predicted molar refractivity (Wildman–Crippen MR) is 42.5 cm³/mol. The maximum Gasteiger partial charge on any atom is 0.333 e. The summed E-state index contributed by atoms with van der Waals surface area (Å²) >= 11 is 0. The van der Waals surface area contributed by atoms with Gasteiger partial charge in [0, 0.05) is 12.5 Å². The minimum Gasteiger partial charge on any atom is -0.479 e. The number of carboxylic acid groups (broad SMARTS) is 1. The van der Waals surface area contributed by atoms with Gasteiger partial charge < -0.3 is 9.84 Å². The Balaban J connectivity index is 4.36. The monoisotopic (exact) mass is 160 g/mol. The molecular weight excluding hydrogens is 144 g/mol. The Kier molecular flexibility index (Phi) is 3.52. The fraction of sp³-hybridized carbons (Fsp3) is 0.875. The Labute approximate surface area is 67.4 Å². The summed E-state index contributed by atoms with van der Waals surface area (Å²) in [5.41, 5.74) is -0.291. The summed E-state index contributed by atoms with van der Waals surface area (Å²) in [6.07, 6.45) is 0.0881. The molecule has 0 aromatic carbocycles. The van der Waals surface area contributed by atoms with Crippen LogP contribution < -0.4 is 0 Å². The van der Waals surface area contributed by atoms with Crippen LogP contribution in [0.15, 0.2) is 0 Å². The van der Waals surface area contributed by atoms with Gasteiger partial charge in [0.25, 0.3) is 0 Å². The molecule has 66 valence electrons. The molecule has 3 nitrogen and oxygen atoms in total. The molecule has 11 heavy (non-hydrogen) atoms. The Morgan fingerprint density at radius 1 is 1.64 bits per heavy atom. The molecule has 3 heteroatoms. The van der Waals surface area contributed by atoms with E-state index in [0.717, 1.165) is 6.42 Å². The molecule has 0 spiro atoms. The van der Waals surface area contributed by atoms with E-state index in [0.29, 0.717) is 0 Å². The summed E-state index contributed by atoms with van der Waals surface area (Å²) in [6, 6.07) is 0. The molecule has 0 aliphatic heterocycles. The molecule has 0 aliphatic rings. The van der Waals surface area contributed by atoms with Crippen LogP contribution in [0.5, 0.6) is 0 Å². The molecule has 1 atom stereocenters. The van der Waals surface area contributed by atoms with E-state index in [9.17, 15) is 4.79 Å². The first-order valence-electron chi connectivity index (χ1n) is 3.71. The lowest BCUT2D eigenvalue weighted by atomic mass is 9.84. The van der Waals surface area contributed by atoms with Gasteiger partial charge in [0.15, 0.2) is 6.10 Å². The third-order valence-corrected chi connectivity index (χ3v) is 2.08. The lowest BCUT2D eigenvalue weighted by molar-refractivity contribution is -0.156. The van der Waals surface area contributed by atoms with Gasteiger partial charge in [0.1, 0.15) is 0 Å². The van der Waals surface area contributed by atoms with Gasteiger partial charge in [0.2, 0.25) is 0 Å². The van der Waals surface area contributed by atoms with Gasteiger partial charge in [-0.25, -0.2) is 4.79 Å². The molecule has 0 saturated carbocycles. The fourth-order valence-electron chi connectivity index (χ4n) is 0.940. The molecule has 0 bridgehead atoms. The van der Waals surface area contributed by atoms with Crippen LogP contribution in [-0.4, -0.2) is 24.3 Å². The number of hydrogen-bond donors (Lipinski definition) is 1. The zero-order chi connectivity index (χ0) is 9.07. The van der Waals surface area contributed by atoms with E-state index in [-0.39, 0.29) is 5.41 Å². The second-order valence-electron chi connectivity index (χ2n) is 3.30. The van der Waals surface area contributed by atoms with Gasteiger partial charge in [-0.05, 0) is 6.42 Å². The van der Waals surface area contributed by atoms with Gasteiger partial charge in [-0.15, -0.1) is 0 Å². The lowest BCUT2D eigenvalue weighted by Gasteiger charge is -2.28. The van der Waals surface area contributed by atoms with Crippen LogP contribution in [0.2, 0.25) is 0 Å². The number of hydrogen-bond acceptors (Lipinski definition) is 2. The maximum absolute atomic E-state index is 10.6. The van der Waals surface area contributed by atoms with Crippen molar-refractivity contribution in [1.82, 2.24) is 0 Å². The highest BCUT2D eigenvalue weighted by molar-refractivity contribution is 5.73. The number of rotatable bonds is 4. The highest BCUT2D eigenvalue weighted by Crippen LogP contribution is 2.26. The molecule has 0 amide bonds. The van der Waals surface area contributed by atoms with E-state index in [1.807, 2.05) is 20.8 Å². The zero-order valence-electron chi connectivity index (χ0n) is 7.55. The van der Waals surface area contributed by atoms with Gasteiger partial charge >= 0.3 is 5.97 Å². The third-order valence-electron chi connectivity index (χ3n) is 2.08. The van der Waals surface area contributed by atoms with Gasteiger partial charge in [-0.3, -0.25) is 0 Å². The summed E-state index contributed by atoms with van der Waals surface area (Å²) in [7, 11) is 1.43. The molecular formula is C8H16O3. The van der Waals surface area contributed by atoms with Crippen LogP contribution in [0.4, 0.5) is 0 Å². The predicted octanol–water partition coefficient (Wildman–Crippen LogP) is 1.52. The minimum absolute atomic E-state index is 0.291. The summed E-state index contributed by atoms with van der Waals surface area (Å²) < 4.78 is 4.87. The van der Waals surface area contributed by atoms with E-state index in [1.165, 1.54) is 7.11 Å². The van der Waals surface area contributed by atoms with Crippen molar-refractivity contribution in [1.29, 1.82) is 0 Å². The van der Waals surface area contributed by atoms with Crippen molar-refractivity contribution in [3.8, 4) is 0 Å². The van der Waals surface area contributed by atoms with Crippen LogP contribution in [-0.2, 0) is 9.53 Å². The maximum atomic E-state index is 10.6. The molecule has 0 heterocycles. The second kappa shape index (κ2) is 3.72. The highest BCUT2D eigenvalue weighted by atomic mass is 16.5. The first-order valence-corrected chi connectivity index (χ1v) is 3.71. The summed E-state index contributed by atoms with van der Waals surface area (Å²) in [4.78, 5) is 10.6. The van der Waals surface area contributed by atoms with E-state index in [1.54, 1.807) is 0 Å². The quantitative estimate of drug-likeness (QED) is 0.678. The van der Waals surface area contributed by atoms with Crippen molar-refractivity contribution < 1.29 is 14.6 Å². The van der Waals surface area contributed by atoms with E-state index in [2.05, 4.69) is 0 Å². The fourth-order valence-corrected chi connectivity index (χ4v) is 0.940. The number of aliphatic carboxylic acids is 1. The van der Waals surface area contributed by atoms with Crippen molar-refractivity contribution in [2.24, 2.45) is 5.41 Å². The molecule has 0 aromatic heterocycles. The summed E-state index contributed by atoms with van der Waals surface area (Å²) in [6.45, 7) is 5.72. The summed E-state index contributed by atoms with van der Waals surface area (Å²) in [5, 5.41) is 8.71. The molecule has 0 fully saturated rings. The molecule has 1 N–H and O–H groups in total. The molecule has 0 aliphatic carbocycles. The Hall–Kier alpha value is -0.570. The SMILES string of the molecule is CCC(C)(C)C(OC)C(=O)O. The molecule has 0 saturated heterocycles. The topological polar surface area (TPSA) is 46.5 Å². The number of carbonyl (C=O) groups is 1. The normalized spacial score (nSPS) is 14.5. The Morgan fingerprint density at radius 3 is 2.18 bits per heavy atom. The van der Waals surface area contributed by atoms with E-state index in [4.69, 9.17) is 9.84 Å². The number of ether oxygens (including phenoxy) is 1. The second-order valence-corrected chi connectivity index (χ2v) is 3.30. The van der Waals surface area contributed by atoms with Crippen LogP contribution >= 0.6 is 0 Å². The minimum atomic E-state index is -0.889. The summed E-state index contributed by atoms with van der Waals surface area (Å²) in [5.74, 6) is -0.889. The van der Waals surface area contributed by atoms with Crippen LogP contribution in [0.25, 0.3) is 0 Å². The average molecular weight is 160 g/mol. The number of carboxylic acids is 1. The largest absolute Gasteiger partial charge is 0.479 e. The van der Waals surface area contributed by atoms with Crippen molar-refractivity contribution in [3.63, 3.8) is 0 Å². The molecule has 0 aromatic rings. The first kappa shape index (κ1) is 10.4. The van der Waals surface area contributed by atoms with Crippen molar-refractivity contribution in [2.45, 2.75) is 33.3 Å². The van der Waals surface area contributed by atoms with Crippen molar-refractivity contribution >= 4 is 5.97 Å². The average Bonchev–Trinajstić information content (AvgIpc) is 1.88. The molecule has 0 rings (SSSR count). The van der Waals surface area contributed by atoms with Gasteiger partial charge in [-0.2, -0.15) is 0 Å². The van der Waals surface area contributed by atoms with Gasteiger partial charge in [-0.1, -0.05) is 20.8 Å². The van der Waals surface area contributed by atoms with Crippen LogP contribution in [0, 0.1) is 5.41 Å². The highest BCUT2D eigenvalue weighted by Gasteiger charge is 2.33. The third kappa shape index (κ3) is 2.50. The molecule has 0 radical (unpaired) electrons. The number of methoxy groups -OCH3 is 1.